The molecule has 1 aliphatic rings. The summed E-state index contributed by atoms with van der Waals surface area (Å²) in [5.41, 5.74) is 1.03. The highest BCUT2D eigenvalue weighted by molar-refractivity contribution is 5.92. The summed E-state index contributed by atoms with van der Waals surface area (Å²) in [5, 5.41) is 2.85. The Morgan fingerprint density at radius 2 is 1.61 bits per heavy atom. The van der Waals surface area contributed by atoms with E-state index in [-0.39, 0.29) is 23.5 Å². The lowest BCUT2D eigenvalue weighted by Gasteiger charge is -2.47. The topological polar surface area (TPSA) is 65.1 Å². The fourth-order valence-corrected chi connectivity index (χ4v) is 5.32. The van der Waals surface area contributed by atoms with E-state index in [0.717, 1.165) is 24.2 Å². The number of carbonyl (C=O) groups excluding carboxylic acids is 2. The molecule has 0 aliphatic carbocycles. The highest BCUT2D eigenvalue weighted by Crippen LogP contribution is 2.34. The first kappa shape index (κ1) is 29.4. The van der Waals surface area contributed by atoms with Crippen molar-refractivity contribution in [1.29, 1.82) is 0 Å². The number of hydrogen-bond acceptors (Lipinski definition) is 5. The molecule has 1 heterocycles. The number of anilines is 2. The van der Waals surface area contributed by atoms with Crippen LogP contribution in [0.5, 0.6) is 5.75 Å². The minimum Gasteiger partial charge on any atom is -0.497 e. The molecule has 0 spiro atoms. The van der Waals surface area contributed by atoms with Crippen LogP contribution in [0, 0.1) is 11.7 Å². The Morgan fingerprint density at radius 3 is 2.11 bits per heavy atom. The maximum absolute atomic E-state index is 15.2. The molecule has 0 saturated carbocycles. The molecule has 0 aromatic heterocycles. The van der Waals surface area contributed by atoms with Gasteiger partial charge in [-0.05, 0) is 69.5 Å². The second-order valence-electron chi connectivity index (χ2n) is 9.92. The van der Waals surface area contributed by atoms with Gasteiger partial charge in [0.25, 0.3) is 0 Å². The second kappa shape index (κ2) is 13.1. The summed E-state index contributed by atoms with van der Waals surface area (Å²) < 4.78 is 20.5. The van der Waals surface area contributed by atoms with Crippen molar-refractivity contribution in [2.45, 2.75) is 53.0 Å². The fourth-order valence-electron chi connectivity index (χ4n) is 5.32. The van der Waals surface area contributed by atoms with E-state index in [1.165, 1.54) is 6.07 Å². The zero-order valence-corrected chi connectivity index (χ0v) is 23.7. The lowest BCUT2D eigenvalue weighted by atomic mass is 9.87. The van der Waals surface area contributed by atoms with Crippen LogP contribution in [0.3, 0.4) is 0 Å². The predicted molar refractivity (Wildman–Crippen MR) is 151 cm³/mol. The van der Waals surface area contributed by atoms with E-state index in [4.69, 9.17) is 4.74 Å². The Kier molecular flexibility index (Phi) is 10.1. The third kappa shape index (κ3) is 6.12. The van der Waals surface area contributed by atoms with Gasteiger partial charge in [-0.25, -0.2) is 4.39 Å². The molecule has 7 nitrogen and oxygen atoms in total. The molecule has 1 atom stereocenters. The highest BCUT2D eigenvalue weighted by atomic mass is 19.1. The van der Waals surface area contributed by atoms with Crippen LogP contribution >= 0.6 is 0 Å². The summed E-state index contributed by atoms with van der Waals surface area (Å²) in [4.78, 5) is 32.3. The third-order valence-corrected chi connectivity index (χ3v) is 7.94. The van der Waals surface area contributed by atoms with Crippen molar-refractivity contribution >= 4 is 23.2 Å². The van der Waals surface area contributed by atoms with Gasteiger partial charge in [-0.3, -0.25) is 14.5 Å². The van der Waals surface area contributed by atoms with E-state index in [1.807, 2.05) is 68.7 Å². The van der Waals surface area contributed by atoms with E-state index in [9.17, 15) is 9.59 Å². The molecule has 2 amide bonds. The first-order valence-corrected chi connectivity index (χ1v) is 13.8. The lowest BCUT2D eigenvalue weighted by molar-refractivity contribution is -0.144. The minimum atomic E-state index is -0.855. The molecule has 3 rings (SSSR count). The molecule has 1 saturated heterocycles. The van der Waals surface area contributed by atoms with Crippen molar-refractivity contribution in [3.63, 3.8) is 0 Å². The third-order valence-electron chi connectivity index (χ3n) is 7.94. The van der Waals surface area contributed by atoms with E-state index in [2.05, 4.69) is 10.2 Å². The number of hydrogen-bond donors (Lipinski definition) is 1. The van der Waals surface area contributed by atoms with Gasteiger partial charge in [0.15, 0.2) is 0 Å². The Morgan fingerprint density at radius 1 is 1.00 bits per heavy atom. The number of ether oxygens (including phenoxy) is 1. The lowest BCUT2D eigenvalue weighted by Crippen LogP contribution is -2.60. The van der Waals surface area contributed by atoms with Crippen molar-refractivity contribution in [3.8, 4) is 5.75 Å². The normalized spacial score (nSPS) is 15.7. The Bertz CT molecular complexity index is 1080. The zero-order valence-electron chi connectivity index (χ0n) is 23.7. The van der Waals surface area contributed by atoms with Crippen LogP contribution in [-0.4, -0.2) is 68.0 Å². The second-order valence-corrected chi connectivity index (χ2v) is 9.92. The molecular formula is C30H43FN4O3. The number of amides is 2. The zero-order chi connectivity index (χ0) is 27.9. The molecule has 8 heteroatoms. The first-order valence-electron chi connectivity index (χ1n) is 13.8. The van der Waals surface area contributed by atoms with E-state index < -0.39 is 5.54 Å². The molecule has 1 fully saturated rings. The molecule has 0 bridgehead atoms. The Balaban J connectivity index is 1.79. The molecule has 208 valence electrons. The average Bonchev–Trinajstić information content (AvgIpc) is 2.94. The number of piperazine rings is 1. The monoisotopic (exact) mass is 526 g/mol. The number of rotatable bonds is 11. The first-order chi connectivity index (χ1) is 18.2. The van der Waals surface area contributed by atoms with Crippen LogP contribution in [0.15, 0.2) is 42.5 Å². The van der Waals surface area contributed by atoms with Crippen LogP contribution < -0.4 is 15.0 Å². The van der Waals surface area contributed by atoms with Crippen molar-refractivity contribution in [1.82, 2.24) is 9.80 Å². The quantitative estimate of drug-likeness (QED) is 0.441. The van der Waals surface area contributed by atoms with Crippen LogP contribution in [0.2, 0.25) is 0 Å². The van der Waals surface area contributed by atoms with Gasteiger partial charge < -0.3 is 19.9 Å². The molecule has 1 N–H and O–H groups in total. The molecule has 2 aromatic carbocycles. The van der Waals surface area contributed by atoms with E-state index in [1.54, 1.807) is 19.2 Å². The summed E-state index contributed by atoms with van der Waals surface area (Å²) in [6.45, 7) is 13.5. The molecule has 38 heavy (non-hydrogen) atoms. The largest absolute Gasteiger partial charge is 0.497 e. The van der Waals surface area contributed by atoms with Crippen LogP contribution in [0.4, 0.5) is 15.8 Å². The number of halogens is 1. The van der Waals surface area contributed by atoms with Crippen molar-refractivity contribution < 1.29 is 18.7 Å². The number of methoxy groups -OCH3 is 1. The molecule has 1 aliphatic heterocycles. The smallest absolute Gasteiger partial charge is 0.247 e. The van der Waals surface area contributed by atoms with Gasteiger partial charge >= 0.3 is 0 Å². The molecule has 0 radical (unpaired) electrons. The van der Waals surface area contributed by atoms with Crippen molar-refractivity contribution in [2.75, 3.05) is 56.6 Å². The molecule has 2 aromatic rings. The van der Waals surface area contributed by atoms with E-state index >= 15 is 4.39 Å². The van der Waals surface area contributed by atoms with Gasteiger partial charge in [-0.2, -0.15) is 0 Å². The van der Waals surface area contributed by atoms with Gasteiger partial charge in [0, 0.05) is 50.9 Å². The molecule has 1 unspecified atom stereocenters. The number of benzene rings is 2. The van der Waals surface area contributed by atoms with Gasteiger partial charge in [0.1, 0.15) is 17.1 Å². The van der Waals surface area contributed by atoms with E-state index in [0.29, 0.717) is 50.6 Å². The minimum absolute atomic E-state index is 0.0601. The van der Waals surface area contributed by atoms with Crippen LogP contribution in [-0.2, 0) is 15.1 Å². The van der Waals surface area contributed by atoms with Gasteiger partial charge in [-0.15, -0.1) is 0 Å². The maximum Gasteiger partial charge on any atom is 0.247 e. The summed E-state index contributed by atoms with van der Waals surface area (Å²) in [7, 11) is 1.63. The standard InChI is InChI=1S/C30H43FN4O3/c1-7-22(8-2)28(36)32-24-13-16-27(26(31)21-24)34-17-19-35(20-18-34)30(5,29(37)33(9-3)10-4)23-11-14-25(38-6)15-12-23/h11-16,21-22H,7-10,17-20H2,1-6H3,(H,32,36). The van der Waals surface area contributed by atoms with Crippen LogP contribution in [0.1, 0.15) is 53.0 Å². The predicted octanol–water partition coefficient (Wildman–Crippen LogP) is 5.11. The summed E-state index contributed by atoms with van der Waals surface area (Å²) >= 11 is 0. The number of nitrogens with one attached hydrogen (secondary N) is 1. The number of carbonyl (C=O) groups is 2. The van der Waals surface area contributed by atoms with Gasteiger partial charge in [0.05, 0.1) is 12.8 Å². The SMILES string of the molecule is CCC(CC)C(=O)Nc1ccc(N2CCN(C(C)(C(=O)N(CC)CC)c3ccc(OC)cc3)CC2)c(F)c1. The Hall–Kier alpha value is -3.13. The van der Waals surface area contributed by atoms with Gasteiger partial charge in [-0.1, -0.05) is 26.0 Å². The summed E-state index contributed by atoms with van der Waals surface area (Å²) in [5.74, 6) is 0.283. The summed E-state index contributed by atoms with van der Waals surface area (Å²) in [6, 6.07) is 12.6. The fraction of sp³-hybridized carbons (Fsp3) is 0.533. The van der Waals surface area contributed by atoms with Crippen molar-refractivity contribution in [3.05, 3.63) is 53.8 Å². The van der Waals surface area contributed by atoms with Crippen molar-refractivity contribution in [2.24, 2.45) is 5.92 Å². The van der Waals surface area contributed by atoms with Gasteiger partial charge in [0.2, 0.25) is 11.8 Å². The van der Waals surface area contributed by atoms with Crippen LogP contribution in [0.25, 0.3) is 0 Å². The maximum atomic E-state index is 15.2. The number of nitrogens with zero attached hydrogens (tertiary/aromatic N) is 3. The summed E-state index contributed by atoms with van der Waals surface area (Å²) in [6.07, 6.45) is 1.50. The highest BCUT2D eigenvalue weighted by Gasteiger charge is 2.44. The average molecular weight is 527 g/mol. The molecular weight excluding hydrogens is 483 g/mol. The Labute approximate surface area is 226 Å². The number of likely N-dealkylation sites (N-methyl/N-ethyl adjacent to an activating group) is 1.